The second-order valence-electron chi connectivity index (χ2n) is 6.66. The van der Waals surface area contributed by atoms with Crippen LogP contribution in [-0.2, 0) is 0 Å². The number of rotatable bonds is 4. The van der Waals surface area contributed by atoms with Crippen molar-refractivity contribution in [1.82, 2.24) is 14.8 Å². The number of hydrogen-bond acceptors (Lipinski definition) is 5. The molecular weight excluding hydrogens is 419 g/mol. The van der Waals surface area contributed by atoms with Crippen molar-refractivity contribution in [3.05, 3.63) is 82.4 Å². The minimum absolute atomic E-state index is 0.213. The number of nitrogens with one attached hydrogen (secondary N) is 1. The highest BCUT2D eigenvalue weighted by molar-refractivity contribution is 7.20. The number of para-hydroxylation sites is 1. The Bertz CT molecular complexity index is 1350. The van der Waals surface area contributed by atoms with E-state index < -0.39 is 0 Å². The van der Waals surface area contributed by atoms with Crippen LogP contribution in [0.2, 0.25) is 0 Å². The smallest absolute Gasteiger partial charge is 0.267 e. The van der Waals surface area contributed by atoms with Crippen molar-refractivity contribution < 1.29 is 9.18 Å². The molecule has 8 heteroatoms. The molecule has 0 saturated carbocycles. The number of fused-ring (bicyclic) bond motifs is 1. The predicted molar refractivity (Wildman–Crippen MR) is 119 cm³/mol. The maximum Gasteiger partial charge on any atom is 0.267 e. The molecule has 30 heavy (non-hydrogen) atoms. The van der Waals surface area contributed by atoms with Gasteiger partial charge in [0.1, 0.15) is 10.6 Å². The Morgan fingerprint density at radius 1 is 1.10 bits per heavy atom. The second kappa shape index (κ2) is 7.47. The normalized spacial score (nSPS) is 11.1. The van der Waals surface area contributed by atoms with Gasteiger partial charge >= 0.3 is 0 Å². The van der Waals surface area contributed by atoms with E-state index in [1.807, 2.05) is 53.4 Å². The molecule has 0 fully saturated rings. The number of carbonyl (C=O) groups excluding carboxylic acids is 1. The first-order valence-electron chi connectivity index (χ1n) is 9.16. The summed E-state index contributed by atoms with van der Waals surface area (Å²) in [4.78, 5) is 18.8. The highest BCUT2D eigenvalue weighted by Gasteiger charge is 2.18. The molecule has 3 heterocycles. The van der Waals surface area contributed by atoms with E-state index in [1.165, 1.54) is 34.8 Å². The lowest BCUT2D eigenvalue weighted by Crippen LogP contribution is -2.09. The topological polar surface area (TPSA) is 59.8 Å². The van der Waals surface area contributed by atoms with Crippen LogP contribution in [0.3, 0.4) is 0 Å². The lowest BCUT2D eigenvalue weighted by atomic mass is 10.2. The fraction of sp³-hybridized carbons (Fsp3) is 0.0455. The summed E-state index contributed by atoms with van der Waals surface area (Å²) in [5.74, 6) is -0.508. The van der Waals surface area contributed by atoms with Crippen molar-refractivity contribution in [3.63, 3.8) is 0 Å². The molecule has 0 bridgehead atoms. The third-order valence-corrected chi connectivity index (χ3v) is 6.50. The van der Waals surface area contributed by atoms with Gasteiger partial charge in [0.2, 0.25) is 0 Å². The van der Waals surface area contributed by atoms with Crippen molar-refractivity contribution in [2.24, 2.45) is 0 Å². The number of aryl methyl sites for hydroxylation is 1. The fourth-order valence-corrected chi connectivity index (χ4v) is 4.94. The molecule has 0 aliphatic heterocycles. The maximum absolute atomic E-state index is 13.1. The highest BCUT2D eigenvalue weighted by atomic mass is 32.1. The van der Waals surface area contributed by atoms with Crippen molar-refractivity contribution in [1.29, 1.82) is 0 Å². The number of halogens is 1. The van der Waals surface area contributed by atoms with E-state index in [0.29, 0.717) is 15.7 Å². The molecule has 148 valence electrons. The predicted octanol–water partition coefficient (Wildman–Crippen LogP) is 5.91. The molecule has 0 radical (unpaired) electrons. The van der Waals surface area contributed by atoms with Gasteiger partial charge in [0, 0.05) is 16.3 Å². The van der Waals surface area contributed by atoms with Gasteiger partial charge in [0.25, 0.3) is 5.91 Å². The van der Waals surface area contributed by atoms with Crippen molar-refractivity contribution in [3.8, 4) is 16.9 Å². The molecule has 0 saturated heterocycles. The van der Waals surface area contributed by atoms with E-state index in [2.05, 4.69) is 15.4 Å². The van der Waals surface area contributed by atoms with Gasteiger partial charge in [0.15, 0.2) is 5.13 Å². The Labute approximate surface area is 179 Å². The third-order valence-electron chi connectivity index (χ3n) is 4.63. The van der Waals surface area contributed by atoms with Crippen LogP contribution in [-0.4, -0.2) is 20.7 Å². The van der Waals surface area contributed by atoms with E-state index in [1.54, 1.807) is 12.1 Å². The molecule has 2 aromatic carbocycles. The quantitative estimate of drug-likeness (QED) is 0.382. The highest BCUT2D eigenvalue weighted by Crippen LogP contribution is 2.31. The zero-order valence-corrected chi connectivity index (χ0v) is 17.4. The average Bonchev–Trinajstić information content (AvgIpc) is 3.46. The van der Waals surface area contributed by atoms with Crippen molar-refractivity contribution >= 4 is 43.9 Å². The second-order valence-corrected chi connectivity index (χ2v) is 8.55. The summed E-state index contributed by atoms with van der Waals surface area (Å²) in [6.07, 6.45) is 0. The van der Waals surface area contributed by atoms with Crippen LogP contribution in [0.1, 0.15) is 15.4 Å². The number of hydrogen-bond donors (Lipinski definition) is 1. The molecule has 1 N–H and O–H groups in total. The standard InChI is InChI=1S/C22H15FN4OS2/c1-13-17-11-19(30-21(17)27(26-13)16-5-3-2-4-6-16)20(28)25-22-24-18(12-29-22)14-7-9-15(23)10-8-14/h2-12H,1H3,(H,24,25,28). The van der Waals surface area contributed by atoms with Crippen LogP contribution in [0.5, 0.6) is 0 Å². The van der Waals surface area contributed by atoms with Crippen LogP contribution >= 0.6 is 22.7 Å². The van der Waals surface area contributed by atoms with E-state index in [-0.39, 0.29) is 11.7 Å². The molecule has 0 unspecified atom stereocenters. The van der Waals surface area contributed by atoms with Crippen LogP contribution in [0.15, 0.2) is 66.0 Å². The lowest BCUT2D eigenvalue weighted by molar-refractivity contribution is 0.103. The number of thiophene rings is 1. The molecule has 0 atom stereocenters. The van der Waals surface area contributed by atoms with E-state index in [9.17, 15) is 9.18 Å². The molecule has 5 rings (SSSR count). The van der Waals surface area contributed by atoms with E-state index in [4.69, 9.17) is 0 Å². The van der Waals surface area contributed by atoms with Gasteiger partial charge in [-0.15, -0.1) is 22.7 Å². The molecule has 5 nitrogen and oxygen atoms in total. The zero-order chi connectivity index (χ0) is 20.7. The summed E-state index contributed by atoms with van der Waals surface area (Å²) < 4.78 is 15.0. The first-order chi connectivity index (χ1) is 14.6. The lowest BCUT2D eigenvalue weighted by Gasteiger charge is -2.01. The Kier molecular flexibility index (Phi) is 4.65. The van der Waals surface area contributed by atoms with Crippen LogP contribution in [0.4, 0.5) is 9.52 Å². The molecule has 3 aromatic heterocycles. The summed E-state index contributed by atoms with van der Waals surface area (Å²) in [6, 6.07) is 17.8. The van der Waals surface area contributed by atoms with Gasteiger partial charge in [-0.3, -0.25) is 10.1 Å². The average molecular weight is 435 g/mol. The fourth-order valence-electron chi connectivity index (χ4n) is 3.15. The number of anilines is 1. The van der Waals surface area contributed by atoms with Crippen molar-refractivity contribution in [2.75, 3.05) is 5.32 Å². The largest absolute Gasteiger partial charge is 0.297 e. The number of carbonyl (C=O) groups is 1. The Morgan fingerprint density at radius 3 is 2.63 bits per heavy atom. The molecular formula is C22H15FN4OS2. The molecule has 5 aromatic rings. The zero-order valence-electron chi connectivity index (χ0n) is 15.8. The first kappa shape index (κ1) is 18.7. The summed E-state index contributed by atoms with van der Waals surface area (Å²) in [5.41, 5.74) is 3.32. The van der Waals surface area contributed by atoms with Gasteiger partial charge in [-0.05, 0) is 49.4 Å². The van der Waals surface area contributed by atoms with Gasteiger partial charge in [-0.25, -0.2) is 14.1 Å². The minimum atomic E-state index is -0.295. The van der Waals surface area contributed by atoms with Gasteiger partial charge in [-0.1, -0.05) is 18.2 Å². The summed E-state index contributed by atoms with van der Waals surface area (Å²) >= 11 is 2.73. The summed E-state index contributed by atoms with van der Waals surface area (Å²) in [5, 5.41) is 10.8. The summed E-state index contributed by atoms with van der Waals surface area (Å²) in [6.45, 7) is 1.94. The van der Waals surface area contributed by atoms with Gasteiger partial charge in [0.05, 0.1) is 22.0 Å². The van der Waals surface area contributed by atoms with Crippen LogP contribution < -0.4 is 5.32 Å². The Hall–Kier alpha value is -3.36. The summed E-state index contributed by atoms with van der Waals surface area (Å²) in [7, 11) is 0. The number of thiazole rings is 1. The van der Waals surface area contributed by atoms with E-state index >= 15 is 0 Å². The number of benzene rings is 2. The molecule has 0 aliphatic carbocycles. The third kappa shape index (κ3) is 3.40. The number of nitrogens with zero attached hydrogens (tertiary/aromatic N) is 3. The molecule has 0 aliphatic rings. The molecule has 1 amide bonds. The van der Waals surface area contributed by atoms with Crippen LogP contribution in [0.25, 0.3) is 27.2 Å². The van der Waals surface area contributed by atoms with Crippen LogP contribution in [0, 0.1) is 12.7 Å². The van der Waals surface area contributed by atoms with Gasteiger partial charge < -0.3 is 0 Å². The Balaban J connectivity index is 1.41. The Morgan fingerprint density at radius 2 is 1.87 bits per heavy atom. The maximum atomic E-state index is 13.1. The first-order valence-corrected chi connectivity index (χ1v) is 10.9. The van der Waals surface area contributed by atoms with E-state index in [0.717, 1.165) is 27.2 Å². The number of aromatic nitrogens is 3. The van der Waals surface area contributed by atoms with Crippen molar-refractivity contribution in [2.45, 2.75) is 6.92 Å². The molecule has 0 spiro atoms. The minimum Gasteiger partial charge on any atom is -0.297 e. The van der Waals surface area contributed by atoms with Gasteiger partial charge in [-0.2, -0.15) is 5.10 Å². The monoisotopic (exact) mass is 434 g/mol. The SMILES string of the molecule is Cc1nn(-c2ccccc2)c2sc(C(=O)Nc3nc(-c4ccc(F)cc4)cs3)cc12. The number of amides is 1.